The maximum atomic E-state index is 12.5. The highest BCUT2D eigenvalue weighted by Gasteiger charge is 2.25. The van der Waals surface area contributed by atoms with Gasteiger partial charge >= 0.3 is 0 Å². The topological polar surface area (TPSA) is 118 Å². The second-order valence-electron chi connectivity index (χ2n) is 5.73. The lowest BCUT2D eigenvalue weighted by atomic mass is 10.2. The summed E-state index contributed by atoms with van der Waals surface area (Å²) < 4.78 is 27.3. The molecule has 0 saturated heterocycles. The number of sulfonamides is 1. The van der Waals surface area contributed by atoms with Crippen molar-refractivity contribution in [3.8, 4) is 0 Å². The van der Waals surface area contributed by atoms with E-state index >= 15 is 0 Å². The molecule has 3 aromatic carbocycles. The van der Waals surface area contributed by atoms with Gasteiger partial charge in [-0.1, -0.05) is 30.3 Å². The summed E-state index contributed by atoms with van der Waals surface area (Å²) in [5.74, 6) is -0.348. The Bertz CT molecular complexity index is 1110. The first kappa shape index (κ1) is 19.1. The number of amides is 1. The number of nitro benzene ring substituents is 1. The minimum Gasteiger partial charge on any atom is -0.322 e. The molecule has 0 aromatic heterocycles. The number of carbonyl (C=O) groups is 1. The molecule has 3 rings (SSSR count). The number of hydrogen-bond acceptors (Lipinski definition) is 5. The van der Waals surface area contributed by atoms with Gasteiger partial charge in [0.2, 0.25) is 0 Å². The van der Waals surface area contributed by atoms with Crippen LogP contribution >= 0.6 is 0 Å². The molecule has 0 spiro atoms. The summed E-state index contributed by atoms with van der Waals surface area (Å²) in [7, 11) is -4.16. The quantitative estimate of drug-likeness (QED) is 0.486. The lowest BCUT2D eigenvalue weighted by Crippen LogP contribution is -2.15. The standard InChI is InChI=1S/C19H15N3O5S/c23-19(20-15-6-2-1-3-7-15)14-10-12-16(13-11-14)21-28(26,27)18-9-5-4-8-17(18)22(24)25/h1-13,21H,(H,20,23). The van der Waals surface area contributed by atoms with E-state index in [9.17, 15) is 23.3 Å². The molecule has 8 nitrogen and oxygen atoms in total. The number of nitro groups is 1. The third-order valence-corrected chi connectivity index (χ3v) is 5.21. The van der Waals surface area contributed by atoms with E-state index in [-0.39, 0.29) is 11.6 Å². The fraction of sp³-hybridized carbons (Fsp3) is 0. The Morgan fingerprint density at radius 1 is 0.821 bits per heavy atom. The zero-order valence-electron chi connectivity index (χ0n) is 14.4. The predicted octanol–water partition coefficient (Wildman–Crippen LogP) is 3.65. The first-order valence-corrected chi connectivity index (χ1v) is 9.58. The van der Waals surface area contributed by atoms with Gasteiger partial charge in [0.25, 0.3) is 21.6 Å². The summed E-state index contributed by atoms with van der Waals surface area (Å²) in [6.07, 6.45) is 0. The molecule has 0 aliphatic heterocycles. The van der Waals surface area contributed by atoms with Gasteiger partial charge < -0.3 is 5.32 Å². The lowest BCUT2D eigenvalue weighted by Gasteiger charge is -2.09. The first-order chi connectivity index (χ1) is 13.4. The van der Waals surface area contributed by atoms with E-state index in [1.807, 2.05) is 6.07 Å². The van der Waals surface area contributed by atoms with Gasteiger partial charge in [-0.3, -0.25) is 19.6 Å². The van der Waals surface area contributed by atoms with Crippen molar-refractivity contribution in [3.63, 3.8) is 0 Å². The number of para-hydroxylation sites is 2. The maximum Gasteiger partial charge on any atom is 0.289 e. The Labute approximate surface area is 161 Å². The summed E-state index contributed by atoms with van der Waals surface area (Å²) in [5, 5.41) is 13.8. The van der Waals surface area contributed by atoms with E-state index in [1.54, 1.807) is 24.3 Å². The maximum absolute atomic E-state index is 12.5. The van der Waals surface area contributed by atoms with E-state index in [4.69, 9.17) is 0 Å². The zero-order chi connectivity index (χ0) is 20.1. The van der Waals surface area contributed by atoms with Crippen molar-refractivity contribution in [2.24, 2.45) is 0 Å². The van der Waals surface area contributed by atoms with Gasteiger partial charge in [-0.2, -0.15) is 0 Å². The molecule has 3 aromatic rings. The van der Waals surface area contributed by atoms with Crippen molar-refractivity contribution >= 4 is 33.0 Å². The third kappa shape index (κ3) is 4.33. The van der Waals surface area contributed by atoms with Crippen LogP contribution in [-0.2, 0) is 10.0 Å². The van der Waals surface area contributed by atoms with Gasteiger partial charge in [0.15, 0.2) is 4.90 Å². The van der Waals surface area contributed by atoms with Crippen molar-refractivity contribution in [3.05, 3.63) is 94.5 Å². The van der Waals surface area contributed by atoms with Crippen LogP contribution in [0.1, 0.15) is 10.4 Å². The van der Waals surface area contributed by atoms with Crippen LogP contribution in [0.5, 0.6) is 0 Å². The fourth-order valence-electron chi connectivity index (χ4n) is 2.46. The number of nitrogens with one attached hydrogen (secondary N) is 2. The number of anilines is 2. The molecular weight excluding hydrogens is 382 g/mol. The van der Waals surface area contributed by atoms with Crippen molar-refractivity contribution in [2.45, 2.75) is 4.90 Å². The Kier molecular flexibility index (Phi) is 5.37. The number of benzene rings is 3. The van der Waals surface area contributed by atoms with Gasteiger partial charge in [-0.25, -0.2) is 8.42 Å². The van der Waals surface area contributed by atoms with Gasteiger partial charge in [0, 0.05) is 23.0 Å². The van der Waals surface area contributed by atoms with Crippen LogP contribution in [0.15, 0.2) is 83.8 Å². The van der Waals surface area contributed by atoms with Gasteiger partial charge in [0.05, 0.1) is 4.92 Å². The monoisotopic (exact) mass is 397 g/mol. The van der Waals surface area contributed by atoms with E-state index in [0.717, 1.165) is 12.1 Å². The van der Waals surface area contributed by atoms with Crippen molar-refractivity contribution in [2.75, 3.05) is 10.0 Å². The second-order valence-corrected chi connectivity index (χ2v) is 7.38. The summed E-state index contributed by atoms with van der Waals surface area (Å²) in [5.41, 5.74) is 0.620. The molecule has 0 unspecified atom stereocenters. The largest absolute Gasteiger partial charge is 0.322 e. The molecule has 0 aliphatic carbocycles. The molecule has 0 heterocycles. The average molecular weight is 397 g/mol. The van der Waals surface area contributed by atoms with Crippen molar-refractivity contribution < 1.29 is 18.1 Å². The second kappa shape index (κ2) is 7.89. The smallest absolute Gasteiger partial charge is 0.289 e. The van der Waals surface area contributed by atoms with E-state index in [1.165, 1.54) is 36.4 Å². The molecule has 1 amide bonds. The van der Waals surface area contributed by atoms with E-state index in [0.29, 0.717) is 11.3 Å². The molecule has 28 heavy (non-hydrogen) atoms. The Hall–Kier alpha value is -3.72. The SMILES string of the molecule is O=C(Nc1ccccc1)c1ccc(NS(=O)(=O)c2ccccc2[N+](=O)[O-])cc1. The Morgan fingerprint density at radius 3 is 2.07 bits per heavy atom. The molecule has 0 saturated carbocycles. The predicted molar refractivity (Wildman–Crippen MR) is 105 cm³/mol. The van der Waals surface area contributed by atoms with Gasteiger partial charge in [0.1, 0.15) is 0 Å². The number of hydrogen-bond donors (Lipinski definition) is 2. The fourth-order valence-corrected chi connectivity index (χ4v) is 3.69. The van der Waals surface area contributed by atoms with Crippen LogP contribution in [-0.4, -0.2) is 19.2 Å². The molecule has 0 atom stereocenters. The highest BCUT2D eigenvalue weighted by Crippen LogP contribution is 2.25. The highest BCUT2D eigenvalue weighted by atomic mass is 32.2. The molecule has 0 radical (unpaired) electrons. The molecule has 0 aliphatic rings. The van der Waals surface area contributed by atoms with Gasteiger partial charge in [-0.15, -0.1) is 0 Å². The number of rotatable bonds is 6. The normalized spacial score (nSPS) is 10.9. The number of carbonyl (C=O) groups excluding carboxylic acids is 1. The third-order valence-electron chi connectivity index (χ3n) is 3.78. The Morgan fingerprint density at radius 2 is 1.43 bits per heavy atom. The van der Waals surface area contributed by atoms with Gasteiger partial charge in [-0.05, 0) is 42.5 Å². The van der Waals surface area contributed by atoms with Crippen LogP contribution in [0, 0.1) is 10.1 Å². The Balaban J connectivity index is 1.77. The minimum absolute atomic E-state index is 0.175. The molecule has 142 valence electrons. The summed E-state index contributed by atoms with van der Waals surface area (Å²) in [6, 6.07) is 19.7. The number of nitrogens with zero attached hydrogens (tertiary/aromatic N) is 1. The van der Waals surface area contributed by atoms with Crippen LogP contribution < -0.4 is 10.0 Å². The summed E-state index contributed by atoms with van der Waals surface area (Å²) in [6.45, 7) is 0. The van der Waals surface area contributed by atoms with Crippen molar-refractivity contribution in [1.82, 2.24) is 0 Å². The van der Waals surface area contributed by atoms with Crippen LogP contribution in [0.2, 0.25) is 0 Å². The molecule has 9 heteroatoms. The summed E-state index contributed by atoms with van der Waals surface area (Å²) in [4.78, 5) is 22.1. The van der Waals surface area contributed by atoms with Crippen LogP contribution in [0.3, 0.4) is 0 Å². The average Bonchev–Trinajstić information content (AvgIpc) is 2.69. The zero-order valence-corrected chi connectivity index (χ0v) is 15.2. The highest BCUT2D eigenvalue weighted by molar-refractivity contribution is 7.92. The summed E-state index contributed by atoms with van der Waals surface area (Å²) >= 11 is 0. The first-order valence-electron chi connectivity index (χ1n) is 8.09. The van der Waals surface area contributed by atoms with Crippen LogP contribution in [0.4, 0.5) is 17.1 Å². The lowest BCUT2D eigenvalue weighted by molar-refractivity contribution is -0.387. The molecule has 0 fully saturated rings. The molecular formula is C19H15N3O5S. The minimum atomic E-state index is -4.16. The van der Waals surface area contributed by atoms with E-state index in [2.05, 4.69) is 10.0 Å². The van der Waals surface area contributed by atoms with E-state index < -0.39 is 25.5 Å². The van der Waals surface area contributed by atoms with Crippen molar-refractivity contribution in [1.29, 1.82) is 0 Å². The van der Waals surface area contributed by atoms with Crippen LogP contribution in [0.25, 0.3) is 0 Å². The molecule has 2 N–H and O–H groups in total. The molecule has 0 bridgehead atoms.